The SMILES string of the molecule is CCCCCC(C)(C)CNC1CC(OCC)C1OC. The van der Waals surface area contributed by atoms with Crippen molar-refractivity contribution in [3.63, 3.8) is 0 Å². The number of ether oxygens (including phenoxy) is 2. The number of rotatable bonds is 10. The molecule has 1 saturated carbocycles. The van der Waals surface area contributed by atoms with Crippen molar-refractivity contribution < 1.29 is 9.47 Å². The molecule has 1 rings (SSSR count). The molecular formula is C16H33NO2. The molecule has 1 N–H and O–H groups in total. The van der Waals surface area contributed by atoms with E-state index in [1.807, 2.05) is 6.92 Å². The minimum Gasteiger partial charge on any atom is -0.377 e. The first kappa shape index (κ1) is 16.9. The summed E-state index contributed by atoms with van der Waals surface area (Å²) < 4.78 is 11.2. The molecule has 0 radical (unpaired) electrons. The Bertz CT molecular complexity index is 243. The molecule has 1 aliphatic rings. The number of hydrogen-bond donors (Lipinski definition) is 1. The molecule has 0 aromatic carbocycles. The zero-order chi connectivity index (χ0) is 14.3. The quantitative estimate of drug-likeness (QED) is 0.618. The maximum atomic E-state index is 5.66. The summed E-state index contributed by atoms with van der Waals surface area (Å²) in [7, 11) is 1.79. The van der Waals surface area contributed by atoms with Crippen LogP contribution in [-0.2, 0) is 9.47 Å². The van der Waals surface area contributed by atoms with Crippen LogP contribution < -0.4 is 5.32 Å². The van der Waals surface area contributed by atoms with Crippen molar-refractivity contribution in [3.8, 4) is 0 Å². The zero-order valence-corrected chi connectivity index (χ0v) is 13.5. The van der Waals surface area contributed by atoms with Gasteiger partial charge in [0.1, 0.15) is 0 Å². The molecule has 19 heavy (non-hydrogen) atoms. The number of unbranched alkanes of at least 4 members (excludes halogenated alkanes) is 2. The molecule has 0 saturated heterocycles. The molecule has 0 aliphatic heterocycles. The summed E-state index contributed by atoms with van der Waals surface area (Å²) in [4.78, 5) is 0. The van der Waals surface area contributed by atoms with E-state index in [0.29, 0.717) is 11.5 Å². The van der Waals surface area contributed by atoms with Gasteiger partial charge in [-0.3, -0.25) is 0 Å². The molecule has 1 fully saturated rings. The van der Waals surface area contributed by atoms with Crippen molar-refractivity contribution >= 4 is 0 Å². The first-order chi connectivity index (χ1) is 9.04. The number of nitrogens with one attached hydrogen (secondary N) is 1. The lowest BCUT2D eigenvalue weighted by Gasteiger charge is -2.44. The second-order valence-corrected chi connectivity index (χ2v) is 6.54. The van der Waals surface area contributed by atoms with Gasteiger partial charge in [-0.25, -0.2) is 0 Å². The van der Waals surface area contributed by atoms with Gasteiger partial charge in [0.05, 0.1) is 12.2 Å². The predicted octanol–water partition coefficient (Wildman–Crippen LogP) is 3.37. The van der Waals surface area contributed by atoms with Gasteiger partial charge < -0.3 is 14.8 Å². The lowest BCUT2D eigenvalue weighted by atomic mass is 9.82. The summed E-state index contributed by atoms with van der Waals surface area (Å²) in [5.41, 5.74) is 0.379. The standard InChI is InChI=1S/C16H33NO2/c1-6-8-9-10-16(3,4)12-17-13-11-14(19-7-2)15(13)18-5/h13-15,17H,6-12H2,1-5H3. The monoisotopic (exact) mass is 271 g/mol. The van der Waals surface area contributed by atoms with Crippen molar-refractivity contribution in [2.45, 2.75) is 78.0 Å². The Morgan fingerprint density at radius 2 is 1.95 bits per heavy atom. The van der Waals surface area contributed by atoms with Crippen LogP contribution in [0.2, 0.25) is 0 Å². The molecule has 114 valence electrons. The van der Waals surface area contributed by atoms with Crippen LogP contribution in [0, 0.1) is 5.41 Å². The van der Waals surface area contributed by atoms with Crippen LogP contribution in [0.1, 0.15) is 59.8 Å². The third-order valence-electron chi connectivity index (χ3n) is 4.20. The second-order valence-electron chi connectivity index (χ2n) is 6.54. The Labute approximate surface area is 119 Å². The molecule has 0 heterocycles. The van der Waals surface area contributed by atoms with Gasteiger partial charge in [0.2, 0.25) is 0 Å². The molecule has 0 bridgehead atoms. The highest BCUT2D eigenvalue weighted by atomic mass is 16.5. The van der Waals surface area contributed by atoms with E-state index in [1.165, 1.54) is 25.7 Å². The van der Waals surface area contributed by atoms with Gasteiger partial charge in [-0.1, -0.05) is 40.0 Å². The highest BCUT2D eigenvalue weighted by Crippen LogP contribution is 2.29. The van der Waals surface area contributed by atoms with Crippen LogP contribution >= 0.6 is 0 Å². The van der Waals surface area contributed by atoms with Gasteiger partial charge in [0.15, 0.2) is 0 Å². The van der Waals surface area contributed by atoms with Crippen LogP contribution in [0.4, 0.5) is 0 Å². The zero-order valence-electron chi connectivity index (χ0n) is 13.5. The normalized spacial score (nSPS) is 27.3. The Morgan fingerprint density at radius 1 is 1.21 bits per heavy atom. The smallest absolute Gasteiger partial charge is 0.0986 e. The summed E-state index contributed by atoms with van der Waals surface area (Å²) in [5, 5.41) is 3.67. The van der Waals surface area contributed by atoms with Gasteiger partial charge in [-0.05, 0) is 25.2 Å². The average Bonchev–Trinajstić information content (AvgIpc) is 2.33. The molecular weight excluding hydrogens is 238 g/mol. The molecule has 0 aromatic heterocycles. The fraction of sp³-hybridized carbons (Fsp3) is 1.00. The van der Waals surface area contributed by atoms with Crippen LogP contribution in [0.5, 0.6) is 0 Å². The van der Waals surface area contributed by atoms with Crippen molar-refractivity contribution in [2.75, 3.05) is 20.3 Å². The molecule has 3 nitrogen and oxygen atoms in total. The fourth-order valence-electron chi connectivity index (χ4n) is 2.82. The third kappa shape index (κ3) is 5.41. The highest BCUT2D eigenvalue weighted by molar-refractivity contribution is 4.97. The van der Waals surface area contributed by atoms with Crippen molar-refractivity contribution in [1.82, 2.24) is 5.32 Å². The highest BCUT2D eigenvalue weighted by Gasteiger charge is 2.42. The average molecular weight is 271 g/mol. The molecule has 3 atom stereocenters. The maximum absolute atomic E-state index is 5.66. The summed E-state index contributed by atoms with van der Waals surface area (Å²) in [5.74, 6) is 0. The van der Waals surface area contributed by atoms with E-state index in [1.54, 1.807) is 7.11 Å². The lowest BCUT2D eigenvalue weighted by molar-refractivity contribution is -0.132. The minimum atomic E-state index is 0.228. The van der Waals surface area contributed by atoms with Gasteiger partial charge in [0, 0.05) is 26.3 Å². The number of hydrogen-bond acceptors (Lipinski definition) is 3. The Balaban J connectivity index is 2.24. The Kier molecular flexibility index (Phi) is 7.33. The second kappa shape index (κ2) is 8.23. The summed E-state index contributed by atoms with van der Waals surface area (Å²) in [6.45, 7) is 10.9. The fourth-order valence-corrected chi connectivity index (χ4v) is 2.82. The minimum absolute atomic E-state index is 0.228. The molecule has 0 spiro atoms. The van der Waals surface area contributed by atoms with Crippen molar-refractivity contribution in [2.24, 2.45) is 5.41 Å². The first-order valence-electron chi connectivity index (χ1n) is 7.92. The summed E-state index contributed by atoms with van der Waals surface area (Å²) in [6, 6.07) is 0.465. The van der Waals surface area contributed by atoms with Crippen molar-refractivity contribution in [3.05, 3.63) is 0 Å². The summed E-state index contributed by atoms with van der Waals surface area (Å²) >= 11 is 0. The molecule has 1 aliphatic carbocycles. The number of methoxy groups -OCH3 is 1. The Hall–Kier alpha value is -0.120. The van der Waals surface area contributed by atoms with Crippen LogP contribution in [0.15, 0.2) is 0 Å². The van der Waals surface area contributed by atoms with E-state index < -0.39 is 0 Å². The van der Waals surface area contributed by atoms with E-state index in [0.717, 1.165) is 19.6 Å². The van der Waals surface area contributed by atoms with E-state index in [-0.39, 0.29) is 12.2 Å². The van der Waals surface area contributed by atoms with E-state index in [2.05, 4.69) is 26.1 Å². The van der Waals surface area contributed by atoms with Gasteiger partial charge in [-0.15, -0.1) is 0 Å². The molecule has 0 amide bonds. The largest absolute Gasteiger partial charge is 0.377 e. The maximum Gasteiger partial charge on any atom is 0.0986 e. The lowest BCUT2D eigenvalue weighted by Crippen LogP contribution is -2.60. The van der Waals surface area contributed by atoms with Crippen LogP contribution in [-0.4, -0.2) is 38.5 Å². The van der Waals surface area contributed by atoms with Crippen LogP contribution in [0.25, 0.3) is 0 Å². The molecule has 0 aromatic rings. The van der Waals surface area contributed by atoms with E-state index in [9.17, 15) is 0 Å². The molecule has 3 unspecified atom stereocenters. The predicted molar refractivity (Wildman–Crippen MR) is 80.5 cm³/mol. The van der Waals surface area contributed by atoms with Crippen LogP contribution in [0.3, 0.4) is 0 Å². The van der Waals surface area contributed by atoms with Gasteiger partial charge >= 0.3 is 0 Å². The van der Waals surface area contributed by atoms with E-state index in [4.69, 9.17) is 9.47 Å². The van der Waals surface area contributed by atoms with Crippen molar-refractivity contribution in [1.29, 1.82) is 0 Å². The topological polar surface area (TPSA) is 30.5 Å². The molecule has 3 heteroatoms. The van der Waals surface area contributed by atoms with Gasteiger partial charge in [0.25, 0.3) is 0 Å². The third-order valence-corrected chi connectivity index (χ3v) is 4.20. The first-order valence-corrected chi connectivity index (χ1v) is 7.92. The van der Waals surface area contributed by atoms with Gasteiger partial charge in [-0.2, -0.15) is 0 Å². The summed E-state index contributed by atoms with van der Waals surface area (Å²) in [6.07, 6.45) is 6.88. The Morgan fingerprint density at radius 3 is 2.53 bits per heavy atom. The van der Waals surface area contributed by atoms with E-state index >= 15 is 0 Å².